The molecular weight excluding hydrogens is 1030 g/mol. The van der Waals surface area contributed by atoms with Crippen LogP contribution < -0.4 is 0 Å². The number of allylic oxidation sites excluding steroid dienone is 12. The van der Waals surface area contributed by atoms with Crippen molar-refractivity contribution in [1.29, 1.82) is 0 Å². The van der Waals surface area contributed by atoms with Gasteiger partial charge in [-0.25, -0.2) is 4.79 Å². The van der Waals surface area contributed by atoms with Crippen LogP contribution in [-0.4, -0.2) is 87.4 Å². The zero-order chi connectivity index (χ0) is 60.5. The number of unbranched alkanes of at least 4 members (excludes halogenated alkanes) is 38. The van der Waals surface area contributed by atoms with E-state index in [0.717, 1.165) is 77.0 Å². The Hall–Kier alpha value is -3.27. The van der Waals surface area contributed by atoms with Crippen molar-refractivity contribution in [3.8, 4) is 0 Å². The number of carboxylic acids is 1. The summed E-state index contributed by atoms with van der Waals surface area (Å²) in [4.78, 5) is 37.6. The molecule has 0 amide bonds. The van der Waals surface area contributed by atoms with Crippen LogP contribution in [0, 0.1) is 0 Å². The topological polar surface area (TPSA) is 108 Å². The van der Waals surface area contributed by atoms with E-state index in [0.29, 0.717) is 11.0 Å². The maximum atomic E-state index is 12.9. The van der Waals surface area contributed by atoms with Gasteiger partial charge in [0.25, 0.3) is 6.29 Å². The van der Waals surface area contributed by atoms with E-state index >= 15 is 0 Å². The van der Waals surface area contributed by atoms with Gasteiger partial charge in [-0.1, -0.05) is 292 Å². The molecule has 0 spiro atoms. The quantitative estimate of drug-likeness (QED) is 0.0211. The van der Waals surface area contributed by atoms with Crippen LogP contribution in [-0.2, 0) is 33.3 Å². The second-order valence-corrected chi connectivity index (χ2v) is 24.8. The Balaban J connectivity index is 4.05. The molecule has 0 bridgehead atoms. The van der Waals surface area contributed by atoms with Crippen LogP contribution in [0.2, 0.25) is 0 Å². The van der Waals surface area contributed by atoms with Crippen LogP contribution >= 0.6 is 0 Å². The second kappa shape index (κ2) is 64.7. The average Bonchev–Trinajstić information content (AvgIpc) is 3.46. The van der Waals surface area contributed by atoms with Crippen LogP contribution in [0.15, 0.2) is 72.9 Å². The van der Waals surface area contributed by atoms with Crippen molar-refractivity contribution in [1.82, 2.24) is 0 Å². The first-order valence-electron chi connectivity index (χ1n) is 35.1. The number of rotatable bonds is 65. The third-order valence-electron chi connectivity index (χ3n) is 15.4. The van der Waals surface area contributed by atoms with Gasteiger partial charge < -0.3 is 28.5 Å². The lowest BCUT2D eigenvalue weighted by Crippen LogP contribution is -2.40. The number of carboxylic acid groups (broad SMARTS) is 1. The number of quaternary nitrogens is 1. The van der Waals surface area contributed by atoms with E-state index in [1.165, 1.54) is 218 Å². The van der Waals surface area contributed by atoms with E-state index < -0.39 is 24.3 Å². The number of esters is 2. The Morgan fingerprint density at radius 2 is 0.651 bits per heavy atom. The zero-order valence-electron chi connectivity index (χ0n) is 55.1. The zero-order valence-corrected chi connectivity index (χ0v) is 55.1. The summed E-state index contributed by atoms with van der Waals surface area (Å²) in [7, 11) is 5.98. The molecule has 0 aromatic carbocycles. The lowest BCUT2D eigenvalue weighted by atomic mass is 10.0. The molecule has 0 saturated carbocycles. The average molecular weight is 1170 g/mol. The Labute approximate surface area is 513 Å². The maximum Gasteiger partial charge on any atom is 0.361 e. The van der Waals surface area contributed by atoms with Gasteiger partial charge in [0.05, 0.1) is 34.4 Å². The predicted molar refractivity (Wildman–Crippen MR) is 355 cm³/mol. The second-order valence-electron chi connectivity index (χ2n) is 24.8. The molecule has 9 nitrogen and oxygen atoms in total. The molecule has 482 valence electrons. The molecule has 0 fully saturated rings. The van der Waals surface area contributed by atoms with Gasteiger partial charge in [0, 0.05) is 12.8 Å². The van der Waals surface area contributed by atoms with E-state index in [-0.39, 0.29) is 38.6 Å². The lowest BCUT2D eigenvalue weighted by Gasteiger charge is -2.25. The monoisotopic (exact) mass is 1170 g/mol. The smallest absolute Gasteiger partial charge is 0.361 e. The molecule has 2 atom stereocenters. The highest BCUT2D eigenvalue weighted by Crippen LogP contribution is 2.18. The van der Waals surface area contributed by atoms with Crippen molar-refractivity contribution in [2.45, 2.75) is 334 Å². The minimum Gasteiger partial charge on any atom is -0.477 e. The Bertz CT molecular complexity index is 1590. The summed E-state index contributed by atoms with van der Waals surface area (Å²) >= 11 is 0. The number of hydrogen-bond acceptors (Lipinski definition) is 7. The summed E-state index contributed by atoms with van der Waals surface area (Å²) in [5, 5.41) is 9.74. The number of nitrogens with zero attached hydrogens (tertiary/aromatic N) is 1. The van der Waals surface area contributed by atoms with Crippen molar-refractivity contribution >= 4 is 17.9 Å². The fourth-order valence-corrected chi connectivity index (χ4v) is 10.0. The summed E-state index contributed by atoms with van der Waals surface area (Å²) in [6.07, 6.45) is 83.1. The molecule has 0 saturated heterocycles. The van der Waals surface area contributed by atoms with Crippen molar-refractivity contribution in [3.63, 3.8) is 0 Å². The first kappa shape index (κ1) is 79.7. The van der Waals surface area contributed by atoms with Gasteiger partial charge in [-0.05, 0) is 89.9 Å². The maximum absolute atomic E-state index is 12.9. The first-order chi connectivity index (χ1) is 40.6. The summed E-state index contributed by atoms with van der Waals surface area (Å²) < 4.78 is 23.0. The van der Waals surface area contributed by atoms with Gasteiger partial charge in [-0.3, -0.25) is 9.59 Å². The highest BCUT2D eigenvalue weighted by atomic mass is 16.7. The van der Waals surface area contributed by atoms with Gasteiger partial charge in [0.15, 0.2) is 6.10 Å². The number of aliphatic carboxylic acids is 1. The van der Waals surface area contributed by atoms with Crippen LogP contribution in [0.5, 0.6) is 0 Å². The molecule has 0 aliphatic rings. The first-order valence-corrected chi connectivity index (χ1v) is 35.1. The van der Waals surface area contributed by atoms with Crippen molar-refractivity contribution in [3.05, 3.63) is 72.9 Å². The van der Waals surface area contributed by atoms with E-state index in [9.17, 15) is 19.5 Å². The van der Waals surface area contributed by atoms with E-state index in [1.807, 2.05) is 21.1 Å². The summed E-state index contributed by atoms with van der Waals surface area (Å²) in [6.45, 7) is 4.87. The Morgan fingerprint density at radius 1 is 0.361 bits per heavy atom. The molecule has 1 N–H and O–H groups in total. The number of likely N-dealkylation sites (N-methyl/N-ethyl adjacent to an activating group) is 1. The van der Waals surface area contributed by atoms with Gasteiger partial charge in [0.2, 0.25) is 0 Å². The van der Waals surface area contributed by atoms with Gasteiger partial charge in [0.1, 0.15) is 13.2 Å². The molecular formula is C74H134NO8+. The van der Waals surface area contributed by atoms with Gasteiger partial charge in [-0.2, -0.15) is 0 Å². The van der Waals surface area contributed by atoms with Crippen LogP contribution in [0.3, 0.4) is 0 Å². The van der Waals surface area contributed by atoms with Crippen LogP contribution in [0.4, 0.5) is 0 Å². The highest BCUT2D eigenvalue weighted by Gasteiger charge is 2.25. The SMILES string of the molecule is CCCCCCC/C=C\C/C=C\C/C=C\CCCCCCCCCCCCCCCCCCCCCCCCC(=O)OC(COC(=O)CCCCCCCC/C=C\C/C=C\C/C=C\CCCCCCC)COC(OCC[N+](C)(C)C)C(=O)O. The number of carbonyl (C=O) groups is 3. The molecule has 0 aliphatic carbocycles. The highest BCUT2D eigenvalue weighted by molar-refractivity contribution is 5.71. The fraction of sp³-hybridized carbons (Fsp3) is 0.797. The van der Waals surface area contributed by atoms with Crippen molar-refractivity contribution in [2.24, 2.45) is 0 Å². The summed E-state index contributed by atoms with van der Waals surface area (Å²) in [6, 6.07) is 0. The van der Waals surface area contributed by atoms with Crippen LogP contribution in [0.1, 0.15) is 322 Å². The molecule has 0 aromatic rings. The summed E-state index contributed by atoms with van der Waals surface area (Å²) in [5.41, 5.74) is 0. The molecule has 0 aromatic heterocycles. The molecule has 0 radical (unpaired) electrons. The van der Waals surface area contributed by atoms with E-state index in [2.05, 4.69) is 86.8 Å². The molecule has 0 aliphatic heterocycles. The van der Waals surface area contributed by atoms with E-state index in [1.54, 1.807) is 0 Å². The van der Waals surface area contributed by atoms with Crippen molar-refractivity contribution in [2.75, 3.05) is 47.5 Å². The molecule has 0 heterocycles. The van der Waals surface area contributed by atoms with E-state index in [4.69, 9.17) is 18.9 Å². The standard InChI is InChI=1S/C74H133NO8/c1-6-8-10-12-14-16-18-20-22-24-26-28-29-30-31-32-33-34-35-36-37-38-39-40-41-42-43-45-47-49-51-53-55-57-59-61-63-65-72(77)83-70(69-82-74(73(78)79)80-67-66-75(3,4)5)68-81-71(76)64-62-60-58-56-54-52-50-48-46-44-27-25-23-21-19-17-15-13-11-9-7-2/h18-21,24-27,29-30,46,48,70,74H,6-17,22-23,28,31-45,47,49-69H2,1-5H3/p+1/b20-18-,21-19-,26-24-,27-25-,30-29-,48-46-. The fourth-order valence-electron chi connectivity index (χ4n) is 10.0. The third-order valence-corrected chi connectivity index (χ3v) is 15.4. The minimum absolute atomic E-state index is 0.185. The third kappa shape index (κ3) is 66.1. The molecule has 83 heavy (non-hydrogen) atoms. The molecule has 9 heteroatoms. The molecule has 2 unspecified atom stereocenters. The normalized spacial score (nSPS) is 13.1. The van der Waals surface area contributed by atoms with Gasteiger partial charge >= 0.3 is 17.9 Å². The minimum atomic E-state index is -1.52. The van der Waals surface area contributed by atoms with Crippen LogP contribution in [0.25, 0.3) is 0 Å². The largest absolute Gasteiger partial charge is 0.477 e. The Kier molecular flexibility index (Phi) is 62.2. The molecule has 0 rings (SSSR count). The predicted octanol–water partition coefficient (Wildman–Crippen LogP) is 21.7. The summed E-state index contributed by atoms with van der Waals surface area (Å²) in [5.74, 6) is -2.01. The Morgan fingerprint density at radius 3 is 0.964 bits per heavy atom. The van der Waals surface area contributed by atoms with Gasteiger partial charge in [-0.15, -0.1) is 0 Å². The number of ether oxygens (including phenoxy) is 4. The number of carbonyl (C=O) groups excluding carboxylic acids is 2. The van der Waals surface area contributed by atoms with Crippen molar-refractivity contribution < 1.29 is 42.9 Å². The number of hydrogen-bond donors (Lipinski definition) is 1. The lowest BCUT2D eigenvalue weighted by molar-refractivity contribution is -0.870.